The molecule has 2 aromatic rings. The van der Waals surface area contributed by atoms with Crippen LogP contribution in [0.2, 0.25) is 0 Å². The lowest BCUT2D eigenvalue weighted by Gasteiger charge is -2.08. The monoisotopic (exact) mass is 272 g/mol. The number of nitro groups is 1. The average Bonchev–Trinajstić information content (AvgIpc) is 2.46. The van der Waals surface area contributed by atoms with Gasteiger partial charge in [0.25, 0.3) is 0 Å². The predicted molar refractivity (Wildman–Crippen MR) is 74.9 cm³/mol. The molecule has 2 rings (SSSR count). The largest absolute Gasteiger partial charge is 0.361 e. The Morgan fingerprint density at radius 1 is 1.30 bits per heavy atom. The molecule has 2 N–H and O–H groups in total. The number of aromatic nitrogens is 3. The van der Waals surface area contributed by atoms with Crippen LogP contribution in [0.5, 0.6) is 0 Å². The molecule has 2 heterocycles. The van der Waals surface area contributed by atoms with Crippen LogP contribution in [-0.4, -0.2) is 26.4 Å². The van der Waals surface area contributed by atoms with Gasteiger partial charge in [0.2, 0.25) is 11.6 Å². The summed E-state index contributed by atoms with van der Waals surface area (Å²) in [5, 5.41) is 16.8. The minimum atomic E-state index is -0.545. The molecule has 20 heavy (non-hydrogen) atoms. The molecule has 8 nitrogen and oxygen atoms in total. The van der Waals surface area contributed by atoms with Crippen LogP contribution in [0.1, 0.15) is 0 Å². The fourth-order valence-electron chi connectivity index (χ4n) is 1.50. The van der Waals surface area contributed by atoms with E-state index >= 15 is 0 Å². The van der Waals surface area contributed by atoms with Gasteiger partial charge in [-0.05, 0) is 12.1 Å². The number of nitrogens with one attached hydrogen (secondary N) is 2. The van der Waals surface area contributed by atoms with Crippen molar-refractivity contribution in [1.29, 1.82) is 0 Å². The van der Waals surface area contributed by atoms with E-state index in [2.05, 4.69) is 32.2 Å². The van der Waals surface area contributed by atoms with E-state index in [-0.39, 0.29) is 17.3 Å². The molecule has 102 valence electrons. The summed E-state index contributed by atoms with van der Waals surface area (Å²) in [4.78, 5) is 22.4. The molecular weight excluding hydrogens is 260 g/mol. The first-order valence-electron chi connectivity index (χ1n) is 5.74. The molecule has 0 fully saturated rings. The second-order valence-corrected chi connectivity index (χ2v) is 3.69. The highest BCUT2D eigenvalue weighted by Crippen LogP contribution is 2.30. The van der Waals surface area contributed by atoms with Crippen molar-refractivity contribution in [1.82, 2.24) is 15.0 Å². The second-order valence-electron chi connectivity index (χ2n) is 3.69. The zero-order chi connectivity index (χ0) is 14.4. The van der Waals surface area contributed by atoms with E-state index in [0.29, 0.717) is 12.4 Å². The number of nitrogens with zero attached hydrogens (tertiary/aromatic N) is 4. The third-order valence-corrected chi connectivity index (χ3v) is 2.33. The van der Waals surface area contributed by atoms with Gasteiger partial charge in [-0.3, -0.25) is 10.1 Å². The molecule has 0 aliphatic carbocycles. The van der Waals surface area contributed by atoms with E-state index in [0.717, 1.165) is 0 Å². The molecule has 0 aliphatic rings. The van der Waals surface area contributed by atoms with Crippen LogP contribution in [0.25, 0.3) is 0 Å². The topological polar surface area (TPSA) is 106 Å². The minimum absolute atomic E-state index is 0.0789. The lowest BCUT2D eigenvalue weighted by Crippen LogP contribution is -2.08. The Hall–Kier alpha value is -3.03. The predicted octanol–water partition coefficient (Wildman–Crippen LogP) is 2.12. The Kier molecular flexibility index (Phi) is 4.17. The lowest BCUT2D eigenvalue weighted by molar-refractivity contribution is -0.383. The van der Waals surface area contributed by atoms with Crippen molar-refractivity contribution in [3.63, 3.8) is 0 Å². The number of rotatable bonds is 6. The first kappa shape index (κ1) is 13.4. The molecule has 2 aromatic heterocycles. The molecule has 0 spiro atoms. The van der Waals surface area contributed by atoms with Crippen molar-refractivity contribution in [2.75, 3.05) is 17.2 Å². The van der Waals surface area contributed by atoms with Crippen LogP contribution >= 0.6 is 0 Å². The van der Waals surface area contributed by atoms with Crippen molar-refractivity contribution >= 4 is 23.1 Å². The number of hydrogen-bond donors (Lipinski definition) is 2. The first-order chi connectivity index (χ1) is 9.72. The zero-order valence-corrected chi connectivity index (χ0v) is 10.5. The van der Waals surface area contributed by atoms with Crippen molar-refractivity contribution in [3.8, 4) is 0 Å². The summed E-state index contributed by atoms with van der Waals surface area (Å²) in [6, 6.07) is 5.19. The molecule has 0 atom stereocenters. The molecule has 0 aliphatic heterocycles. The summed E-state index contributed by atoms with van der Waals surface area (Å²) < 4.78 is 0. The maximum absolute atomic E-state index is 11.2. The molecule has 0 aromatic carbocycles. The standard InChI is InChI=1S/C12H12N6O2/c1-2-6-14-11-10(18(19)20)12(16-8-15-11)17-9-5-3-4-7-13-9/h2-5,7-8H,1,6H2,(H2,13,14,15,16,17). The van der Waals surface area contributed by atoms with Gasteiger partial charge in [0, 0.05) is 12.7 Å². The zero-order valence-electron chi connectivity index (χ0n) is 10.5. The third-order valence-electron chi connectivity index (χ3n) is 2.33. The number of hydrogen-bond acceptors (Lipinski definition) is 7. The van der Waals surface area contributed by atoms with Gasteiger partial charge in [0.15, 0.2) is 0 Å². The van der Waals surface area contributed by atoms with E-state index in [9.17, 15) is 10.1 Å². The van der Waals surface area contributed by atoms with Crippen LogP contribution in [-0.2, 0) is 0 Å². The van der Waals surface area contributed by atoms with E-state index in [1.807, 2.05) is 0 Å². The molecule has 0 radical (unpaired) electrons. The van der Waals surface area contributed by atoms with E-state index < -0.39 is 4.92 Å². The smallest absolute Gasteiger partial charge is 0.353 e. The Morgan fingerprint density at radius 2 is 2.10 bits per heavy atom. The fourth-order valence-corrected chi connectivity index (χ4v) is 1.50. The lowest BCUT2D eigenvalue weighted by atomic mass is 10.4. The maximum Gasteiger partial charge on any atom is 0.353 e. The molecule has 0 saturated heterocycles. The van der Waals surface area contributed by atoms with Crippen molar-refractivity contribution in [2.45, 2.75) is 0 Å². The molecular formula is C12H12N6O2. The summed E-state index contributed by atoms with van der Waals surface area (Å²) in [6.45, 7) is 3.90. The normalized spacial score (nSPS) is 9.80. The summed E-state index contributed by atoms with van der Waals surface area (Å²) in [5.41, 5.74) is -0.236. The molecule has 0 unspecified atom stereocenters. The van der Waals surface area contributed by atoms with Gasteiger partial charge in [-0.15, -0.1) is 6.58 Å². The van der Waals surface area contributed by atoms with Crippen molar-refractivity contribution in [2.24, 2.45) is 0 Å². The summed E-state index contributed by atoms with van der Waals surface area (Å²) >= 11 is 0. The Morgan fingerprint density at radius 3 is 2.75 bits per heavy atom. The van der Waals surface area contributed by atoms with E-state index in [4.69, 9.17) is 0 Å². The van der Waals surface area contributed by atoms with Gasteiger partial charge in [-0.2, -0.15) is 0 Å². The Bertz CT molecular complexity index is 617. The number of anilines is 3. The van der Waals surface area contributed by atoms with Crippen molar-refractivity contribution in [3.05, 3.63) is 53.5 Å². The van der Waals surface area contributed by atoms with Crippen LogP contribution in [0.4, 0.5) is 23.1 Å². The van der Waals surface area contributed by atoms with E-state index in [1.54, 1.807) is 30.5 Å². The van der Waals surface area contributed by atoms with Crippen LogP contribution in [0.3, 0.4) is 0 Å². The van der Waals surface area contributed by atoms with Crippen molar-refractivity contribution < 1.29 is 4.92 Å². The molecule has 8 heteroatoms. The fraction of sp³-hybridized carbons (Fsp3) is 0.0833. The highest BCUT2D eigenvalue weighted by molar-refractivity contribution is 5.72. The second kappa shape index (κ2) is 6.23. The Labute approximate surface area is 114 Å². The SMILES string of the molecule is C=CCNc1ncnc(Nc2ccccn2)c1[N+](=O)[O-]. The minimum Gasteiger partial charge on any atom is -0.361 e. The molecule has 0 saturated carbocycles. The average molecular weight is 272 g/mol. The van der Waals surface area contributed by atoms with Crippen LogP contribution < -0.4 is 10.6 Å². The number of pyridine rings is 1. The highest BCUT2D eigenvalue weighted by atomic mass is 16.6. The van der Waals surface area contributed by atoms with Gasteiger partial charge in [-0.1, -0.05) is 12.1 Å². The van der Waals surface area contributed by atoms with Crippen LogP contribution in [0.15, 0.2) is 43.4 Å². The van der Waals surface area contributed by atoms with Gasteiger partial charge >= 0.3 is 5.69 Å². The third kappa shape index (κ3) is 3.05. The first-order valence-corrected chi connectivity index (χ1v) is 5.74. The quantitative estimate of drug-likeness (QED) is 0.471. The van der Waals surface area contributed by atoms with Gasteiger partial charge in [-0.25, -0.2) is 15.0 Å². The van der Waals surface area contributed by atoms with Crippen LogP contribution in [0, 0.1) is 10.1 Å². The summed E-state index contributed by atoms with van der Waals surface area (Å²) in [6.07, 6.45) is 4.40. The van der Waals surface area contributed by atoms with E-state index in [1.165, 1.54) is 6.33 Å². The maximum atomic E-state index is 11.2. The Balaban J connectivity index is 2.36. The van der Waals surface area contributed by atoms with Gasteiger partial charge < -0.3 is 10.6 Å². The molecule has 0 amide bonds. The van der Waals surface area contributed by atoms with Gasteiger partial charge in [0.05, 0.1) is 4.92 Å². The summed E-state index contributed by atoms with van der Waals surface area (Å²) in [7, 11) is 0. The highest BCUT2D eigenvalue weighted by Gasteiger charge is 2.22. The molecule has 0 bridgehead atoms. The summed E-state index contributed by atoms with van der Waals surface area (Å²) in [5.74, 6) is 0.669. The van der Waals surface area contributed by atoms with Gasteiger partial charge in [0.1, 0.15) is 12.1 Å².